The average Bonchev–Trinajstić information content (AvgIpc) is 3.99. The molecule has 0 bridgehead atoms. The highest BCUT2D eigenvalue weighted by Gasteiger charge is 2.20. The van der Waals surface area contributed by atoms with E-state index in [1.165, 1.54) is 63.5 Å². The topological polar surface area (TPSA) is 40.6 Å². The van der Waals surface area contributed by atoms with Gasteiger partial charge < -0.3 is 4.57 Å². The predicted octanol–water partition coefficient (Wildman–Crippen LogP) is 13.3. The van der Waals surface area contributed by atoms with Crippen molar-refractivity contribution in [2.45, 2.75) is 0 Å². The van der Waals surface area contributed by atoms with E-state index in [1.807, 2.05) is 11.3 Å². The predicted molar refractivity (Wildman–Crippen MR) is 235 cm³/mol. The maximum absolute atomic E-state index is 5.32. The molecule has 0 aliphatic rings. The second-order valence-electron chi connectivity index (χ2n) is 14.6. The molecule has 0 aliphatic heterocycles. The third-order valence-corrected chi connectivity index (χ3v) is 12.9. The van der Waals surface area contributed by atoms with Crippen LogP contribution in [0.5, 0.6) is 0 Å². The summed E-state index contributed by atoms with van der Waals surface area (Å²) in [5.41, 5.74) is 8.74. The fourth-order valence-electron chi connectivity index (χ4n) is 9.26. The normalized spacial score (nSPS) is 12.3. The SMILES string of the molecule is c1ccc2c(c1)sc1c2ccc2c1c1ccccc1n2-c1ccc2ccc(-n3c4ccccc4c4cc(-n5c6ccccc6c6ccccc65)ccc43)nc2n1. The van der Waals surface area contributed by atoms with Gasteiger partial charge in [-0.05, 0) is 78.9 Å². The van der Waals surface area contributed by atoms with Crippen LogP contribution in [0.1, 0.15) is 0 Å². The summed E-state index contributed by atoms with van der Waals surface area (Å²) in [6, 6.07) is 63.3. The molecule has 0 unspecified atom stereocenters. The van der Waals surface area contributed by atoms with Gasteiger partial charge in [0.15, 0.2) is 5.65 Å². The van der Waals surface area contributed by atoms with Gasteiger partial charge in [0.25, 0.3) is 0 Å². The monoisotopic (exact) mass is 731 g/mol. The standard InChI is InChI=1S/C50H29N5S/c1-6-16-39-32(11-1)33-12-2-7-17-40(33)53(39)31-23-25-43-38(29-31)34-13-3-8-18-41(34)54(43)46-27-21-30-22-28-47(52-50(30)51-46)55-42-19-9-4-15-37(42)48-44(55)26-24-36-35-14-5-10-20-45(35)56-49(36)48/h1-29H. The van der Waals surface area contributed by atoms with Gasteiger partial charge in [0, 0.05) is 63.6 Å². The van der Waals surface area contributed by atoms with Crippen molar-refractivity contribution >= 4 is 108 Å². The highest BCUT2D eigenvalue weighted by Crippen LogP contribution is 2.43. The number of thiophene rings is 1. The average molecular weight is 732 g/mol. The van der Waals surface area contributed by atoms with Crippen molar-refractivity contribution in [3.05, 3.63) is 176 Å². The largest absolute Gasteiger partial charge is 0.309 e. The van der Waals surface area contributed by atoms with Gasteiger partial charge in [0.1, 0.15) is 11.6 Å². The molecule has 0 atom stereocenters. The molecule has 7 aromatic carbocycles. The lowest BCUT2D eigenvalue weighted by molar-refractivity contribution is 1.06. The van der Waals surface area contributed by atoms with Crippen LogP contribution in [0.25, 0.3) is 114 Å². The van der Waals surface area contributed by atoms with Crippen LogP contribution >= 0.6 is 11.3 Å². The maximum atomic E-state index is 5.32. The van der Waals surface area contributed by atoms with Gasteiger partial charge in [-0.2, -0.15) is 0 Å². The molecule has 6 aromatic heterocycles. The summed E-state index contributed by atoms with van der Waals surface area (Å²) in [7, 11) is 0. The molecule has 0 spiro atoms. The van der Waals surface area contributed by atoms with Crippen LogP contribution in [0.15, 0.2) is 176 Å². The second kappa shape index (κ2) is 11.1. The third-order valence-electron chi connectivity index (χ3n) is 11.7. The molecule has 13 aromatic rings. The Kier molecular flexibility index (Phi) is 5.98. The molecule has 0 amide bonds. The molecule has 6 heteroatoms. The highest BCUT2D eigenvalue weighted by atomic mass is 32.1. The molecule has 0 saturated heterocycles. The maximum Gasteiger partial charge on any atom is 0.163 e. The van der Waals surface area contributed by atoms with Crippen LogP contribution in [0.3, 0.4) is 0 Å². The first kappa shape index (κ1) is 30.1. The van der Waals surface area contributed by atoms with E-state index in [4.69, 9.17) is 9.97 Å². The Morgan fingerprint density at radius 3 is 1.54 bits per heavy atom. The van der Waals surface area contributed by atoms with E-state index in [0.29, 0.717) is 5.65 Å². The van der Waals surface area contributed by atoms with E-state index < -0.39 is 0 Å². The lowest BCUT2D eigenvalue weighted by Gasteiger charge is -2.11. The Morgan fingerprint density at radius 2 is 0.857 bits per heavy atom. The number of hydrogen-bond donors (Lipinski definition) is 0. The number of aromatic nitrogens is 5. The smallest absolute Gasteiger partial charge is 0.163 e. The Labute approximate surface area is 323 Å². The van der Waals surface area contributed by atoms with Gasteiger partial charge in [-0.25, -0.2) is 9.97 Å². The summed E-state index contributed by atoms with van der Waals surface area (Å²) in [5, 5.41) is 11.0. The minimum Gasteiger partial charge on any atom is -0.309 e. The van der Waals surface area contributed by atoms with Gasteiger partial charge >= 0.3 is 0 Å². The molecule has 56 heavy (non-hydrogen) atoms. The molecule has 0 N–H and O–H groups in total. The molecule has 260 valence electrons. The van der Waals surface area contributed by atoms with Crippen LogP contribution in [0.2, 0.25) is 0 Å². The fourth-order valence-corrected chi connectivity index (χ4v) is 10.5. The van der Waals surface area contributed by atoms with Crippen molar-refractivity contribution in [3.8, 4) is 17.3 Å². The zero-order valence-corrected chi connectivity index (χ0v) is 30.7. The number of fused-ring (bicyclic) bond motifs is 14. The van der Waals surface area contributed by atoms with Crippen LogP contribution in [-0.2, 0) is 0 Å². The van der Waals surface area contributed by atoms with Crippen LogP contribution < -0.4 is 0 Å². The lowest BCUT2D eigenvalue weighted by Crippen LogP contribution is -2.01. The summed E-state index contributed by atoms with van der Waals surface area (Å²) in [6.07, 6.45) is 0. The second-order valence-corrected chi connectivity index (χ2v) is 15.6. The Bertz CT molecular complexity index is 3730. The first-order valence-corrected chi connectivity index (χ1v) is 19.7. The zero-order chi connectivity index (χ0) is 36.5. The summed E-state index contributed by atoms with van der Waals surface area (Å²) < 4.78 is 9.59. The highest BCUT2D eigenvalue weighted by molar-refractivity contribution is 7.26. The summed E-state index contributed by atoms with van der Waals surface area (Å²) in [4.78, 5) is 10.6. The fraction of sp³-hybridized carbons (Fsp3) is 0. The molecule has 0 fully saturated rings. The number of para-hydroxylation sites is 4. The quantitative estimate of drug-likeness (QED) is 0.182. The number of rotatable bonds is 3. The summed E-state index contributed by atoms with van der Waals surface area (Å²) in [5.74, 6) is 1.69. The van der Waals surface area contributed by atoms with E-state index in [2.05, 4.69) is 190 Å². The van der Waals surface area contributed by atoms with Crippen LogP contribution in [-0.4, -0.2) is 23.7 Å². The van der Waals surface area contributed by atoms with E-state index in [9.17, 15) is 0 Å². The molecule has 0 aliphatic carbocycles. The molecule has 5 nitrogen and oxygen atoms in total. The van der Waals surface area contributed by atoms with Crippen molar-refractivity contribution in [1.82, 2.24) is 23.7 Å². The lowest BCUT2D eigenvalue weighted by atomic mass is 10.1. The molecular weight excluding hydrogens is 703 g/mol. The number of nitrogens with zero attached hydrogens (tertiary/aromatic N) is 5. The van der Waals surface area contributed by atoms with E-state index in [0.717, 1.165) is 44.8 Å². The first-order chi connectivity index (χ1) is 27.8. The van der Waals surface area contributed by atoms with Gasteiger partial charge in [-0.3, -0.25) is 9.13 Å². The molecule has 13 rings (SSSR count). The van der Waals surface area contributed by atoms with Gasteiger partial charge in [-0.1, -0.05) is 97.1 Å². The molecular formula is C50H29N5S. The third kappa shape index (κ3) is 4.03. The summed E-state index contributed by atoms with van der Waals surface area (Å²) in [6.45, 7) is 0. The molecule has 0 saturated carbocycles. The van der Waals surface area contributed by atoms with Gasteiger partial charge in [0.05, 0.1) is 33.1 Å². The minimum absolute atomic E-state index is 0.710. The Hall–Kier alpha value is -7.28. The zero-order valence-electron chi connectivity index (χ0n) is 29.9. The van der Waals surface area contributed by atoms with E-state index in [1.54, 1.807) is 0 Å². The van der Waals surface area contributed by atoms with Crippen molar-refractivity contribution in [1.29, 1.82) is 0 Å². The van der Waals surface area contributed by atoms with Crippen molar-refractivity contribution in [3.63, 3.8) is 0 Å². The van der Waals surface area contributed by atoms with Gasteiger partial charge in [-0.15, -0.1) is 11.3 Å². The van der Waals surface area contributed by atoms with Crippen LogP contribution in [0, 0.1) is 0 Å². The van der Waals surface area contributed by atoms with Crippen molar-refractivity contribution in [2.75, 3.05) is 0 Å². The molecule has 0 radical (unpaired) electrons. The number of hydrogen-bond acceptors (Lipinski definition) is 3. The van der Waals surface area contributed by atoms with Gasteiger partial charge in [0.2, 0.25) is 0 Å². The number of pyridine rings is 2. The molecule has 6 heterocycles. The van der Waals surface area contributed by atoms with E-state index >= 15 is 0 Å². The minimum atomic E-state index is 0.710. The summed E-state index contributed by atoms with van der Waals surface area (Å²) >= 11 is 1.87. The number of benzene rings is 7. The van der Waals surface area contributed by atoms with Crippen LogP contribution in [0.4, 0.5) is 0 Å². The van der Waals surface area contributed by atoms with E-state index in [-0.39, 0.29) is 0 Å². The van der Waals surface area contributed by atoms with Crippen molar-refractivity contribution in [2.24, 2.45) is 0 Å². The first-order valence-electron chi connectivity index (χ1n) is 18.9. The Balaban J connectivity index is 1.01. The Morgan fingerprint density at radius 1 is 0.357 bits per heavy atom. The van der Waals surface area contributed by atoms with Crippen molar-refractivity contribution < 1.29 is 0 Å².